The maximum atomic E-state index is 11.2. The molecule has 0 aliphatic rings. The number of benzene rings is 1. The summed E-state index contributed by atoms with van der Waals surface area (Å²) in [6, 6.07) is 5.78. The summed E-state index contributed by atoms with van der Waals surface area (Å²) in [4.78, 5) is 19.8. The molecule has 3 rings (SSSR count). The molecule has 2 aromatic heterocycles. The Morgan fingerprint density at radius 2 is 2.24 bits per heavy atom. The molecule has 5 nitrogen and oxygen atoms in total. The fourth-order valence-electron chi connectivity index (χ4n) is 2.43. The molecule has 0 spiro atoms. The van der Waals surface area contributed by atoms with Gasteiger partial charge in [-0.05, 0) is 25.1 Å². The predicted molar refractivity (Wildman–Crippen MR) is 82.6 cm³/mol. The third kappa shape index (κ3) is 2.54. The fraction of sp³-hybridized carbons (Fsp3) is 0.133. The van der Waals surface area contributed by atoms with Gasteiger partial charge in [0.25, 0.3) is 0 Å². The quantitative estimate of drug-likeness (QED) is 0.791. The van der Waals surface area contributed by atoms with Crippen molar-refractivity contribution in [3.63, 3.8) is 0 Å². The number of carboxylic acid groups (broad SMARTS) is 1. The molecule has 0 fully saturated rings. The van der Waals surface area contributed by atoms with Gasteiger partial charge in [-0.1, -0.05) is 15.9 Å². The largest absolute Gasteiger partial charge is 0.481 e. The SMILES string of the molecule is Cc1nc2ccc(Br)cc2c(-n2ccnc2)c1CC(=O)O. The molecule has 106 valence electrons. The van der Waals surface area contributed by atoms with Gasteiger partial charge in [0.1, 0.15) is 0 Å². The van der Waals surface area contributed by atoms with Crippen LogP contribution < -0.4 is 0 Å². The van der Waals surface area contributed by atoms with Crippen molar-refractivity contribution in [3.8, 4) is 5.69 Å². The van der Waals surface area contributed by atoms with Gasteiger partial charge in [-0.25, -0.2) is 4.98 Å². The topological polar surface area (TPSA) is 68.0 Å². The van der Waals surface area contributed by atoms with E-state index in [2.05, 4.69) is 25.9 Å². The van der Waals surface area contributed by atoms with E-state index in [1.54, 1.807) is 18.7 Å². The van der Waals surface area contributed by atoms with Crippen LogP contribution in [0.3, 0.4) is 0 Å². The van der Waals surface area contributed by atoms with Crippen molar-refractivity contribution < 1.29 is 9.90 Å². The molecule has 0 saturated carbocycles. The average molecular weight is 346 g/mol. The number of fused-ring (bicyclic) bond motifs is 1. The number of halogens is 1. The number of pyridine rings is 1. The number of rotatable bonds is 3. The van der Waals surface area contributed by atoms with Crippen LogP contribution in [0.25, 0.3) is 16.6 Å². The number of hydrogen-bond acceptors (Lipinski definition) is 3. The Kier molecular flexibility index (Phi) is 3.47. The van der Waals surface area contributed by atoms with Gasteiger partial charge in [-0.2, -0.15) is 0 Å². The van der Waals surface area contributed by atoms with Crippen LogP contribution >= 0.6 is 15.9 Å². The van der Waals surface area contributed by atoms with E-state index in [1.807, 2.05) is 29.7 Å². The van der Waals surface area contributed by atoms with Crippen molar-refractivity contribution in [2.45, 2.75) is 13.3 Å². The third-order valence-corrected chi connectivity index (χ3v) is 3.81. The van der Waals surface area contributed by atoms with Crippen molar-refractivity contribution >= 4 is 32.8 Å². The summed E-state index contributed by atoms with van der Waals surface area (Å²) in [5.41, 5.74) is 3.06. The van der Waals surface area contributed by atoms with Crippen LogP contribution in [-0.2, 0) is 11.2 Å². The molecule has 0 aliphatic heterocycles. The molecule has 0 atom stereocenters. The second kappa shape index (κ2) is 5.29. The van der Waals surface area contributed by atoms with Gasteiger partial charge in [-0.3, -0.25) is 9.78 Å². The fourth-order valence-corrected chi connectivity index (χ4v) is 2.79. The van der Waals surface area contributed by atoms with Gasteiger partial charge < -0.3 is 9.67 Å². The molecule has 2 heterocycles. The van der Waals surface area contributed by atoms with Crippen molar-refractivity contribution in [1.29, 1.82) is 0 Å². The number of carboxylic acids is 1. The summed E-state index contributed by atoms with van der Waals surface area (Å²) in [5, 5.41) is 10.1. The molecular weight excluding hydrogens is 334 g/mol. The first-order valence-electron chi connectivity index (χ1n) is 6.35. The Labute approximate surface area is 129 Å². The van der Waals surface area contributed by atoms with Crippen LogP contribution in [0.4, 0.5) is 0 Å². The molecule has 0 saturated heterocycles. The highest BCUT2D eigenvalue weighted by molar-refractivity contribution is 9.10. The predicted octanol–water partition coefficient (Wildman–Crippen LogP) is 3.12. The molecule has 0 amide bonds. The lowest BCUT2D eigenvalue weighted by atomic mass is 10.0. The highest BCUT2D eigenvalue weighted by Gasteiger charge is 2.17. The third-order valence-electron chi connectivity index (χ3n) is 3.32. The normalized spacial score (nSPS) is 11.0. The lowest BCUT2D eigenvalue weighted by Gasteiger charge is -2.15. The van der Waals surface area contributed by atoms with Gasteiger partial charge in [0.15, 0.2) is 0 Å². The zero-order valence-electron chi connectivity index (χ0n) is 11.2. The van der Waals surface area contributed by atoms with Gasteiger partial charge in [0.2, 0.25) is 0 Å². The number of nitrogens with zero attached hydrogens (tertiary/aromatic N) is 3. The molecule has 21 heavy (non-hydrogen) atoms. The summed E-state index contributed by atoms with van der Waals surface area (Å²) in [6.45, 7) is 1.83. The Hall–Kier alpha value is -2.21. The van der Waals surface area contributed by atoms with Crippen LogP contribution in [0.2, 0.25) is 0 Å². The first-order valence-corrected chi connectivity index (χ1v) is 7.14. The zero-order valence-corrected chi connectivity index (χ0v) is 12.8. The second-order valence-corrected chi connectivity index (χ2v) is 5.64. The van der Waals surface area contributed by atoms with E-state index in [-0.39, 0.29) is 6.42 Å². The number of aliphatic carboxylic acids is 1. The molecule has 0 aliphatic carbocycles. The highest BCUT2D eigenvalue weighted by Crippen LogP contribution is 2.29. The Bertz CT molecular complexity index is 829. The smallest absolute Gasteiger partial charge is 0.307 e. The summed E-state index contributed by atoms with van der Waals surface area (Å²) < 4.78 is 2.75. The maximum Gasteiger partial charge on any atom is 0.307 e. The van der Waals surface area contributed by atoms with E-state index >= 15 is 0 Å². The van der Waals surface area contributed by atoms with Crippen LogP contribution in [0.5, 0.6) is 0 Å². The summed E-state index contributed by atoms with van der Waals surface area (Å²) in [7, 11) is 0. The Morgan fingerprint density at radius 3 is 2.90 bits per heavy atom. The van der Waals surface area contributed by atoms with Crippen molar-refractivity contribution in [3.05, 3.63) is 52.7 Å². The lowest BCUT2D eigenvalue weighted by Crippen LogP contribution is -2.09. The number of aryl methyl sites for hydroxylation is 1. The molecule has 0 radical (unpaired) electrons. The van der Waals surface area contributed by atoms with E-state index in [0.29, 0.717) is 5.56 Å². The summed E-state index contributed by atoms with van der Waals surface area (Å²) in [5.74, 6) is -0.879. The van der Waals surface area contributed by atoms with Crippen LogP contribution in [-0.4, -0.2) is 25.6 Å². The highest BCUT2D eigenvalue weighted by atomic mass is 79.9. The van der Waals surface area contributed by atoms with E-state index in [0.717, 1.165) is 26.8 Å². The van der Waals surface area contributed by atoms with Crippen molar-refractivity contribution in [2.24, 2.45) is 0 Å². The Morgan fingerprint density at radius 1 is 1.43 bits per heavy atom. The van der Waals surface area contributed by atoms with Gasteiger partial charge in [0.05, 0.1) is 24.0 Å². The standard InChI is InChI=1S/C15H12BrN3O2/c1-9-11(7-14(20)21)15(19-5-4-17-8-19)12-6-10(16)2-3-13(12)18-9/h2-6,8H,7H2,1H3,(H,20,21). The van der Waals surface area contributed by atoms with Gasteiger partial charge in [0, 0.05) is 33.5 Å². The first kappa shape index (κ1) is 13.8. The number of carbonyl (C=O) groups is 1. The Balaban J connectivity index is 2.41. The van der Waals surface area contributed by atoms with E-state index in [1.165, 1.54) is 0 Å². The molecule has 6 heteroatoms. The lowest BCUT2D eigenvalue weighted by molar-refractivity contribution is -0.136. The first-order chi connectivity index (χ1) is 10.1. The minimum Gasteiger partial charge on any atom is -0.481 e. The van der Waals surface area contributed by atoms with Crippen molar-refractivity contribution in [1.82, 2.24) is 14.5 Å². The van der Waals surface area contributed by atoms with E-state index in [4.69, 9.17) is 0 Å². The van der Waals surface area contributed by atoms with E-state index < -0.39 is 5.97 Å². The minimum atomic E-state index is -0.879. The molecule has 1 aromatic carbocycles. The number of aromatic nitrogens is 3. The summed E-state index contributed by atoms with van der Waals surface area (Å²) >= 11 is 3.45. The number of imidazole rings is 1. The molecule has 1 N–H and O–H groups in total. The monoisotopic (exact) mass is 345 g/mol. The molecule has 3 aromatic rings. The molecule has 0 bridgehead atoms. The number of hydrogen-bond donors (Lipinski definition) is 1. The molecule has 0 unspecified atom stereocenters. The van der Waals surface area contributed by atoms with E-state index in [9.17, 15) is 9.90 Å². The average Bonchev–Trinajstić information content (AvgIpc) is 2.93. The van der Waals surface area contributed by atoms with Crippen LogP contribution in [0.15, 0.2) is 41.4 Å². The minimum absolute atomic E-state index is 0.0746. The van der Waals surface area contributed by atoms with Crippen molar-refractivity contribution in [2.75, 3.05) is 0 Å². The zero-order chi connectivity index (χ0) is 15.0. The molecular formula is C15H12BrN3O2. The second-order valence-electron chi connectivity index (χ2n) is 4.73. The van der Waals surface area contributed by atoms with Gasteiger partial charge >= 0.3 is 5.97 Å². The van der Waals surface area contributed by atoms with Gasteiger partial charge in [-0.15, -0.1) is 0 Å². The van der Waals surface area contributed by atoms with Crippen LogP contribution in [0, 0.1) is 6.92 Å². The summed E-state index contributed by atoms with van der Waals surface area (Å²) in [6.07, 6.45) is 5.07. The maximum absolute atomic E-state index is 11.2. The van der Waals surface area contributed by atoms with Crippen LogP contribution in [0.1, 0.15) is 11.3 Å².